The third kappa shape index (κ3) is 4.35. The van der Waals surface area contributed by atoms with E-state index in [4.69, 9.17) is 23.2 Å². The Morgan fingerprint density at radius 2 is 1.72 bits per heavy atom. The highest BCUT2D eigenvalue weighted by atomic mass is 35.5. The first-order valence-electron chi connectivity index (χ1n) is 6.85. The smallest absolute Gasteiger partial charge is 0.376 e. The molecular formula is C16H12Cl2F4N2O. The van der Waals surface area contributed by atoms with Gasteiger partial charge >= 0.3 is 6.18 Å². The van der Waals surface area contributed by atoms with Gasteiger partial charge in [0.25, 0.3) is 5.91 Å². The van der Waals surface area contributed by atoms with Crippen molar-refractivity contribution in [2.75, 3.05) is 24.3 Å². The second-order valence-corrected chi connectivity index (χ2v) is 6.14. The molecule has 3 nitrogen and oxygen atoms in total. The molecule has 0 bridgehead atoms. The third-order valence-corrected chi connectivity index (χ3v) is 3.91. The lowest BCUT2D eigenvalue weighted by Gasteiger charge is -2.20. The fourth-order valence-corrected chi connectivity index (χ4v) is 2.56. The molecule has 2 aromatic rings. The maximum absolute atomic E-state index is 13.6. The maximum atomic E-state index is 13.6. The first kappa shape index (κ1) is 19.3. The van der Waals surface area contributed by atoms with Crippen LogP contribution in [0.15, 0.2) is 30.3 Å². The predicted molar refractivity (Wildman–Crippen MR) is 90.1 cm³/mol. The average Bonchev–Trinajstić information content (AvgIpc) is 2.49. The van der Waals surface area contributed by atoms with Gasteiger partial charge in [0.1, 0.15) is 5.82 Å². The predicted octanol–water partition coefficient (Wildman–Crippen LogP) is 5.47. The van der Waals surface area contributed by atoms with Gasteiger partial charge in [-0.2, -0.15) is 13.2 Å². The van der Waals surface area contributed by atoms with E-state index in [1.807, 2.05) is 0 Å². The van der Waals surface area contributed by atoms with Crippen LogP contribution in [0, 0.1) is 5.82 Å². The molecule has 2 aromatic carbocycles. The van der Waals surface area contributed by atoms with Crippen molar-refractivity contribution < 1.29 is 22.4 Å². The molecule has 0 aliphatic carbocycles. The number of nitrogens with one attached hydrogen (secondary N) is 1. The van der Waals surface area contributed by atoms with Gasteiger partial charge in [0.15, 0.2) is 0 Å². The SMILES string of the molecule is CN(C)c1ccc(C(F)(F)F)cc1NC(=O)c1cc(F)c(Cl)cc1Cl. The van der Waals surface area contributed by atoms with Gasteiger partial charge in [-0.1, -0.05) is 23.2 Å². The summed E-state index contributed by atoms with van der Waals surface area (Å²) >= 11 is 11.4. The summed E-state index contributed by atoms with van der Waals surface area (Å²) in [4.78, 5) is 13.9. The molecule has 2 rings (SSSR count). The summed E-state index contributed by atoms with van der Waals surface area (Å²) in [5, 5.41) is 1.94. The van der Waals surface area contributed by atoms with Crippen molar-refractivity contribution in [1.29, 1.82) is 0 Å². The molecule has 0 radical (unpaired) electrons. The van der Waals surface area contributed by atoms with E-state index in [9.17, 15) is 22.4 Å². The van der Waals surface area contributed by atoms with Gasteiger partial charge in [0, 0.05) is 14.1 Å². The number of anilines is 2. The monoisotopic (exact) mass is 394 g/mol. The minimum atomic E-state index is -4.58. The lowest BCUT2D eigenvalue weighted by atomic mass is 10.1. The number of hydrogen-bond donors (Lipinski definition) is 1. The quantitative estimate of drug-likeness (QED) is 0.552. The van der Waals surface area contributed by atoms with Gasteiger partial charge in [-0.25, -0.2) is 4.39 Å². The molecule has 0 fully saturated rings. The van der Waals surface area contributed by atoms with Crippen molar-refractivity contribution in [1.82, 2.24) is 0 Å². The molecule has 0 unspecified atom stereocenters. The fraction of sp³-hybridized carbons (Fsp3) is 0.188. The molecule has 0 aromatic heterocycles. The van der Waals surface area contributed by atoms with Gasteiger partial charge in [-0.15, -0.1) is 0 Å². The van der Waals surface area contributed by atoms with Crippen LogP contribution in [-0.2, 0) is 6.18 Å². The van der Waals surface area contributed by atoms with E-state index < -0.39 is 23.5 Å². The van der Waals surface area contributed by atoms with Crippen molar-refractivity contribution >= 4 is 40.5 Å². The molecule has 0 atom stereocenters. The van der Waals surface area contributed by atoms with E-state index in [1.165, 1.54) is 11.0 Å². The maximum Gasteiger partial charge on any atom is 0.416 e. The minimum Gasteiger partial charge on any atom is -0.376 e. The second kappa shape index (κ2) is 7.09. The number of carbonyl (C=O) groups is 1. The number of benzene rings is 2. The fourth-order valence-electron chi connectivity index (χ4n) is 2.09. The Morgan fingerprint density at radius 1 is 1.08 bits per heavy atom. The van der Waals surface area contributed by atoms with E-state index in [0.29, 0.717) is 5.69 Å². The zero-order valence-electron chi connectivity index (χ0n) is 13.0. The van der Waals surface area contributed by atoms with Crippen molar-refractivity contribution in [3.05, 3.63) is 57.3 Å². The summed E-state index contributed by atoms with van der Waals surface area (Å²) in [6, 6.07) is 4.80. The Labute approximate surface area is 151 Å². The summed E-state index contributed by atoms with van der Waals surface area (Å²) < 4.78 is 52.3. The highest BCUT2D eigenvalue weighted by Crippen LogP contribution is 2.35. The molecule has 0 aliphatic rings. The van der Waals surface area contributed by atoms with E-state index in [-0.39, 0.29) is 21.3 Å². The minimum absolute atomic E-state index is 0.0868. The summed E-state index contributed by atoms with van der Waals surface area (Å²) in [5.41, 5.74) is -0.921. The average molecular weight is 395 g/mol. The van der Waals surface area contributed by atoms with Crippen molar-refractivity contribution in [2.45, 2.75) is 6.18 Å². The third-order valence-electron chi connectivity index (χ3n) is 3.31. The number of carbonyl (C=O) groups excluding carboxylic acids is 1. The van der Waals surface area contributed by atoms with Gasteiger partial charge in [-0.05, 0) is 30.3 Å². The molecule has 0 spiro atoms. The lowest BCUT2D eigenvalue weighted by Crippen LogP contribution is -2.18. The van der Waals surface area contributed by atoms with Gasteiger partial charge < -0.3 is 10.2 Å². The Bertz CT molecular complexity index is 823. The number of amides is 1. The van der Waals surface area contributed by atoms with Gasteiger partial charge in [-0.3, -0.25) is 4.79 Å². The second-order valence-electron chi connectivity index (χ2n) is 5.32. The molecule has 9 heteroatoms. The molecule has 25 heavy (non-hydrogen) atoms. The zero-order chi connectivity index (χ0) is 18.9. The van der Waals surface area contributed by atoms with Crippen molar-refractivity contribution in [3.63, 3.8) is 0 Å². The van der Waals surface area contributed by atoms with Crippen LogP contribution in [0.1, 0.15) is 15.9 Å². The Morgan fingerprint density at radius 3 is 2.28 bits per heavy atom. The standard InChI is InChI=1S/C16H12Cl2F4N2O/c1-24(2)14-4-3-8(16(20,21)22)5-13(14)23-15(25)9-6-12(19)11(18)7-10(9)17/h3-7H,1-2H3,(H,23,25). The van der Waals surface area contributed by atoms with Crippen molar-refractivity contribution in [2.24, 2.45) is 0 Å². The van der Waals surface area contributed by atoms with Crippen LogP contribution in [-0.4, -0.2) is 20.0 Å². The molecule has 1 N–H and O–H groups in total. The molecular weight excluding hydrogens is 383 g/mol. The Kier molecular flexibility index (Phi) is 5.49. The van der Waals surface area contributed by atoms with E-state index in [0.717, 1.165) is 24.3 Å². The number of nitrogens with zero attached hydrogens (tertiary/aromatic N) is 1. The number of halogens is 6. The van der Waals surface area contributed by atoms with E-state index in [1.54, 1.807) is 14.1 Å². The molecule has 0 aliphatic heterocycles. The van der Waals surface area contributed by atoms with Crippen molar-refractivity contribution in [3.8, 4) is 0 Å². The first-order valence-corrected chi connectivity index (χ1v) is 7.60. The topological polar surface area (TPSA) is 32.3 Å². The van der Waals surface area contributed by atoms with Gasteiger partial charge in [0.2, 0.25) is 0 Å². The Balaban J connectivity index is 2.44. The summed E-state index contributed by atoms with van der Waals surface area (Å²) in [6.45, 7) is 0. The number of hydrogen-bond acceptors (Lipinski definition) is 2. The largest absolute Gasteiger partial charge is 0.416 e. The summed E-state index contributed by atoms with van der Waals surface area (Å²) in [5.74, 6) is -1.73. The van der Waals surface area contributed by atoms with Crippen LogP contribution in [0.5, 0.6) is 0 Å². The van der Waals surface area contributed by atoms with Crippen LogP contribution in [0.25, 0.3) is 0 Å². The van der Waals surface area contributed by atoms with Crippen LogP contribution in [0.2, 0.25) is 10.0 Å². The molecule has 134 valence electrons. The van der Waals surface area contributed by atoms with Crippen LogP contribution >= 0.6 is 23.2 Å². The normalized spacial score (nSPS) is 11.4. The lowest BCUT2D eigenvalue weighted by molar-refractivity contribution is -0.137. The molecule has 0 saturated heterocycles. The summed E-state index contributed by atoms with van der Waals surface area (Å²) in [7, 11) is 3.21. The molecule has 0 saturated carbocycles. The number of rotatable bonds is 3. The molecule has 0 heterocycles. The zero-order valence-corrected chi connectivity index (χ0v) is 14.5. The van der Waals surface area contributed by atoms with Crippen LogP contribution in [0.4, 0.5) is 28.9 Å². The first-order chi connectivity index (χ1) is 11.5. The Hall–Kier alpha value is -1.99. The molecule has 1 amide bonds. The number of alkyl halides is 3. The highest BCUT2D eigenvalue weighted by Gasteiger charge is 2.31. The van der Waals surface area contributed by atoms with Crippen LogP contribution in [0.3, 0.4) is 0 Å². The van der Waals surface area contributed by atoms with Gasteiger partial charge in [0.05, 0.1) is 32.5 Å². The van der Waals surface area contributed by atoms with E-state index >= 15 is 0 Å². The summed E-state index contributed by atoms with van der Waals surface area (Å²) in [6.07, 6.45) is -4.58. The van der Waals surface area contributed by atoms with E-state index in [2.05, 4.69) is 5.32 Å². The highest BCUT2D eigenvalue weighted by molar-refractivity contribution is 6.37. The van der Waals surface area contributed by atoms with Crippen LogP contribution < -0.4 is 10.2 Å².